The lowest BCUT2D eigenvalue weighted by Crippen LogP contribution is -2.48. The fourth-order valence-corrected chi connectivity index (χ4v) is 3.70. The second-order valence-corrected chi connectivity index (χ2v) is 8.02. The first-order valence-corrected chi connectivity index (χ1v) is 9.86. The molecule has 8 nitrogen and oxygen atoms in total. The van der Waals surface area contributed by atoms with E-state index in [1.54, 1.807) is 25.1 Å². The van der Waals surface area contributed by atoms with E-state index in [2.05, 4.69) is 5.32 Å². The van der Waals surface area contributed by atoms with Crippen LogP contribution in [0.5, 0.6) is 11.5 Å². The number of ether oxygens (including phenoxy) is 2. The van der Waals surface area contributed by atoms with Crippen LogP contribution in [0.1, 0.15) is 6.92 Å². The SMILES string of the molecule is C[C@H](C(=O)NCCN(C)C)N(c1ccc2c(c1)OCCO2)S(C)(=O)=O. The Hall–Kier alpha value is -2.00. The zero-order chi connectivity index (χ0) is 18.6. The normalized spacial score (nSPS) is 14.9. The van der Waals surface area contributed by atoms with Crippen LogP contribution in [0.25, 0.3) is 0 Å². The summed E-state index contributed by atoms with van der Waals surface area (Å²) in [6.07, 6.45) is 1.08. The summed E-state index contributed by atoms with van der Waals surface area (Å²) in [5.74, 6) is 0.673. The van der Waals surface area contributed by atoms with Gasteiger partial charge in [0.1, 0.15) is 19.3 Å². The Morgan fingerprint density at radius 2 is 1.88 bits per heavy atom. The molecule has 0 fully saturated rings. The maximum Gasteiger partial charge on any atom is 0.243 e. The predicted molar refractivity (Wildman–Crippen MR) is 95.8 cm³/mol. The van der Waals surface area contributed by atoms with E-state index < -0.39 is 16.1 Å². The third-order valence-electron chi connectivity index (χ3n) is 3.73. The third-order valence-corrected chi connectivity index (χ3v) is 4.97. The van der Waals surface area contributed by atoms with E-state index in [0.29, 0.717) is 43.5 Å². The zero-order valence-electron chi connectivity index (χ0n) is 15.0. The number of carbonyl (C=O) groups excluding carboxylic acids is 1. The molecule has 0 unspecified atom stereocenters. The molecule has 1 N–H and O–H groups in total. The zero-order valence-corrected chi connectivity index (χ0v) is 15.8. The number of amides is 1. The number of anilines is 1. The molecule has 0 saturated heterocycles. The Morgan fingerprint density at radius 1 is 1.24 bits per heavy atom. The van der Waals surface area contributed by atoms with Crippen LogP contribution < -0.4 is 19.1 Å². The summed E-state index contributed by atoms with van der Waals surface area (Å²) < 4.78 is 36.6. The van der Waals surface area contributed by atoms with E-state index in [1.165, 1.54) is 0 Å². The molecule has 1 atom stereocenters. The fraction of sp³-hybridized carbons (Fsp3) is 0.562. The van der Waals surface area contributed by atoms with Gasteiger partial charge in [-0.3, -0.25) is 9.10 Å². The summed E-state index contributed by atoms with van der Waals surface area (Å²) in [6, 6.07) is 3.95. The van der Waals surface area contributed by atoms with Crippen molar-refractivity contribution in [2.45, 2.75) is 13.0 Å². The summed E-state index contributed by atoms with van der Waals surface area (Å²) in [6.45, 7) is 3.52. The van der Waals surface area contributed by atoms with Gasteiger partial charge in [-0.1, -0.05) is 0 Å². The number of likely N-dealkylation sites (N-methyl/N-ethyl adjacent to an activating group) is 1. The molecule has 1 amide bonds. The first kappa shape index (κ1) is 19.3. The highest BCUT2D eigenvalue weighted by Crippen LogP contribution is 2.35. The van der Waals surface area contributed by atoms with Gasteiger partial charge in [0.25, 0.3) is 0 Å². The quantitative estimate of drug-likeness (QED) is 0.741. The van der Waals surface area contributed by atoms with Crippen LogP contribution in [0.15, 0.2) is 18.2 Å². The molecule has 1 aliphatic rings. The van der Waals surface area contributed by atoms with Crippen LogP contribution >= 0.6 is 0 Å². The van der Waals surface area contributed by atoms with Gasteiger partial charge in [-0.15, -0.1) is 0 Å². The van der Waals surface area contributed by atoms with E-state index >= 15 is 0 Å². The lowest BCUT2D eigenvalue weighted by Gasteiger charge is -2.29. The maximum atomic E-state index is 12.4. The van der Waals surface area contributed by atoms with Gasteiger partial charge >= 0.3 is 0 Å². The fourth-order valence-electron chi connectivity index (χ4n) is 2.53. The van der Waals surface area contributed by atoms with Crippen molar-refractivity contribution in [3.05, 3.63) is 18.2 Å². The second kappa shape index (κ2) is 7.92. The van der Waals surface area contributed by atoms with Crippen molar-refractivity contribution in [1.82, 2.24) is 10.2 Å². The first-order valence-electron chi connectivity index (χ1n) is 8.01. The number of nitrogens with one attached hydrogen (secondary N) is 1. The van der Waals surface area contributed by atoms with Gasteiger partial charge in [0, 0.05) is 19.2 Å². The molecular weight excluding hydrogens is 346 g/mol. The largest absolute Gasteiger partial charge is 0.486 e. The summed E-state index contributed by atoms with van der Waals surface area (Å²) >= 11 is 0. The minimum atomic E-state index is -3.66. The molecule has 25 heavy (non-hydrogen) atoms. The summed E-state index contributed by atoms with van der Waals surface area (Å²) in [4.78, 5) is 14.3. The average Bonchev–Trinajstić information content (AvgIpc) is 2.53. The second-order valence-electron chi connectivity index (χ2n) is 6.16. The monoisotopic (exact) mass is 371 g/mol. The van der Waals surface area contributed by atoms with Crippen molar-refractivity contribution in [2.75, 3.05) is 51.0 Å². The van der Waals surface area contributed by atoms with Crippen LogP contribution in [0.2, 0.25) is 0 Å². The number of hydrogen-bond acceptors (Lipinski definition) is 6. The van der Waals surface area contributed by atoms with Crippen LogP contribution in [0.4, 0.5) is 5.69 Å². The molecule has 0 radical (unpaired) electrons. The van der Waals surface area contributed by atoms with Crippen molar-refractivity contribution >= 4 is 21.6 Å². The van der Waals surface area contributed by atoms with E-state index in [4.69, 9.17) is 9.47 Å². The molecule has 1 aliphatic heterocycles. The Morgan fingerprint density at radius 3 is 2.48 bits per heavy atom. The number of sulfonamides is 1. The number of fused-ring (bicyclic) bond motifs is 1. The third kappa shape index (κ3) is 4.99. The summed E-state index contributed by atoms with van der Waals surface area (Å²) in [5, 5.41) is 2.76. The minimum absolute atomic E-state index is 0.359. The van der Waals surface area contributed by atoms with Gasteiger partial charge in [0.2, 0.25) is 15.9 Å². The highest BCUT2D eigenvalue weighted by atomic mass is 32.2. The van der Waals surface area contributed by atoms with Gasteiger partial charge in [0.15, 0.2) is 11.5 Å². The van der Waals surface area contributed by atoms with Crippen LogP contribution in [0.3, 0.4) is 0 Å². The van der Waals surface area contributed by atoms with E-state index in [-0.39, 0.29) is 5.91 Å². The highest BCUT2D eigenvalue weighted by Gasteiger charge is 2.30. The van der Waals surface area contributed by atoms with Crippen LogP contribution in [0, 0.1) is 0 Å². The van der Waals surface area contributed by atoms with Gasteiger partial charge in [-0.05, 0) is 33.2 Å². The van der Waals surface area contributed by atoms with Crippen molar-refractivity contribution < 1.29 is 22.7 Å². The lowest BCUT2D eigenvalue weighted by atomic mass is 10.2. The number of carbonyl (C=O) groups is 1. The van der Waals surface area contributed by atoms with Crippen LogP contribution in [-0.2, 0) is 14.8 Å². The topological polar surface area (TPSA) is 88.2 Å². The Bertz CT molecular complexity index is 720. The molecule has 9 heteroatoms. The molecule has 0 bridgehead atoms. The van der Waals surface area contributed by atoms with Gasteiger partial charge in [0.05, 0.1) is 11.9 Å². The van der Waals surface area contributed by atoms with E-state index in [9.17, 15) is 13.2 Å². The summed E-state index contributed by atoms with van der Waals surface area (Å²) in [7, 11) is 0.128. The van der Waals surface area contributed by atoms with Crippen molar-refractivity contribution in [3.63, 3.8) is 0 Å². The maximum absolute atomic E-state index is 12.4. The molecule has 0 aliphatic carbocycles. The van der Waals surface area contributed by atoms with Gasteiger partial charge in [-0.2, -0.15) is 0 Å². The molecule has 1 aromatic rings. The van der Waals surface area contributed by atoms with Gasteiger partial charge in [-0.25, -0.2) is 8.42 Å². The highest BCUT2D eigenvalue weighted by molar-refractivity contribution is 7.92. The Kier molecular flexibility index (Phi) is 6.12. The number of hydrogen-bond donors (Lipinski definition) is 1. The van der Waals surface area contributed by atoms with Crippen molar-refractivity contribution in [2.24, 2.45) is 0 Å². The molecular formula is C16H25N3O5S. The predicted octanol–water partition coefficient (Wildman–Crippen LogP) is 0.290. The van der Waals surface area contributed by atoms with E-state index in [1.807, 2.05) is 19.0 Å². The molecule has 1 aromatic carbocycles. The first-order chi connectivity index (χ1) is 11.7. The van der Waals surface area contributed by atoms with E-state index in [0.717, 1.165) is 10.6 Å². The number of nitrogens with zero attached hydrogens (tertiary/aromatic N) is 2. The number of rotatable bonds is 7. The van der Waals surface area contributed by atoms with Gasteiger partial charge < -0.3 is 19.7 Å². The Balaban J connectivity index is 2.23. The van der Waals surface area contributed by atoms with Crippen molar-refractivity contribution in [1.29, 1.82) is 0 Å². The molecule has 2 rings (SSSR count). The molecule has 0 saturated carbocycles. The summed E-state index contributed by atoms with van der Waals surface area (Å²) in [5.41, 5.74) is 0.363. The minimum Gasteiger partial charge on any atom is -0.486 e. The Labute approximate surface area is 148 Å². The smallest absolute Gasteiger partial charge is 0.243 e. The molecule has 140 valence electrons. The van der Waals surface area contributed by atoms with Crippen LogP contribution in [-0.4, -0.2) is 71.9 Å². The molecule has 1 heterocycles. The standard InChI is InChI=1S/C16H25N3O5S/c1-12(16(20)17-7-8-18(2)3)19(25(4,21)22)13-5-6-14-15(11-13)24-10-9-23-14/h5-6,11-12H,7-10H2,1-4H3,(H,17,20)/t12-/m1/s1. The molecule has 0 spiro atoms. The molecule has 0 aromatic heterocycles. The van der Waals surface area contributed by atoms with Crippen molar-refractivity contribution in [3.8, 4) is 11.5 Å². The lowest BCUT2D eigenvalue weighted by molar-refractivity contribution is -0.121. The average molecular weight is 371 g/mol. The number of benzene rings is 1.